The van der Waals surface area contributed by atoms with E-state index in [0.29, 0.717) is 11.3 Å². The first-order valence-corrected chi connectivity index (χ1v) is 5.27. The predicted molar refractivity (Wildman–Crippen MR) is 66.9 cm³/mol. The van der Waals surface area contributed by atoms with Crippen molar-refractivity contribution in [3.8, 4) is 0 Å². The molecule has 0 aliphatic heterocycles. The molecule has 1 heterocycles. The molecule has 1 aromatic carbocycles. The minimum atomic E-state index is -1.02. The van der Waals surface area contributed by atoms with Crippen LogP contribution < -0.4 is 16.6 Å². The second-order valence-corrected chi connectivity index (χ2v) is 3.82. The number of carbonyl (C=O) groups is 1. The number of aromatic nitrogens is 3. The summed E-state index contributed by atoms with van der Waals surface area (Å²) in [6, 6.07) is 4.48. The molecule has 0 saturated carbocycles. The van der Waals surface area contributed by atoms with Gasteiger partial charge in [0.15, 0.2) is 0 Å². The van der Waals surface area contributed by atoms with Crippen LogP contribution in [-0.2, 0) is 0 Å². The van der Waals surface area contributed by atoms with Crippen LogP contribution in [0.25, 0.3) is 0 Å². The van der Waals surface area contributed by atoms with Crippen molar-refractivity contribution in [3.05, 3.63) is 50.2 Å². The highest BCUT2D eigenvalue weighted by Gasteiger charge is 2.08. The largest absolute Gasteiger partial charge is 0.478 e. The summed E-state index contributed by atoms with van der Waals surface area (Å²) < 4.78 is 0. The number of nitrogens with zero attached hydrogens (tertiary/aromatic N) is 1. The number of carboxylic acid groups (broad SMARTS) is 1. The minimum Gasteiger partial charge on any atom is -0.478 e. The van der Waals surface area contributed by atoms with Crippen molar-refractivity contribution in [1.82, 2.24) is 15.2 Å². The van der Waals surface area contributed by atoms with E-state index in [2.05, 4.69) is 15.5 Å². The van der Waals surface area contributed by atoms with Crippen LogP contribution in [-0.4, -0.2) is 26.3 Å². The fourth-order valence-electron chi connectivity index (χ4n) is 1.55. The minimum absolute atomic E-state index is 0.0814. The zero-order valence-corrected chi connectivity index (χ0v) is 9.85. The molecule has 0 atom stereocenters. The molecule has 2 rings (SSSR count). The van der Waals surface area contributed by atoms with Gasteiger partial charge in [-0.25, -0.2) is 14.7 Å². The zero-order valence-electron chi connectivity index (χ0n) is 9.85. The van der Waals surface area contributed by atoms with E-state index >= 15 is 0 Å². The van der Waals surface area contributed by atoms with Gasteiger partial charge in [0.2, 0.25) is 5.82 Å². The van der Waals surface area contributed by atoms with Crippen molar-refractivity contribution >= 4 is 17.5 Å². The molecule has 98 valence electrons. The average molecular weight is 262 g/mol. The van der Waals surface area contributed by atoms with Crippen LogP contribution in [0.5, 0.6) is 0 Å². The third-order valence-electron chi connectivity index (χ3n) is 2.43. The number of hydrogen-bond donors (Lipinski definition) is 4. The molecule has 0 unspecified atom stereocenters. The number of hydrogen-bond acceptors (Lipinski definition) is 5. The first kappa shape index (κ1) is 12.6. The highest BCUT2D eigenvalue weighted by Crippen LogP contribution is 2.16. The number of aromatic amines is 2. The van der Waals surface area contributed by atoms with Crippen molar-refractivity contribution in [2.24, 2.45) is 0 Å². The maximum atomic E-state index is 11.4. The molecule has 4 N–H and O–H groups in total. The van der Waals surface area contributed by atoms with Gasteiger partial charge in [-0.15, -0.1) is 5.10 Å². The van der Waals surface area contributed by atoms with Gasteiger partial charge >= 0.3 is 11.7 Å². The summed E-state index contributed by atoms with van der Waals surface area (Å²) in [6.45, 7) is 1.64. The Hall–Kier alpha value is -2.90. The van der Waals surface area contributed by atoms with E-state index in [1.54, 1.807) is 13.0 Å². The molecule has 0 saturated heterocycles. The Kier molecular flexibility index (Phi) is 3.15. The van der Waals surface area contributed by atoms with Crippen LogP contribution >= 0.6 is 0 Å². The summed E-state index contributed by atoms with van der Waals surface area (Å²) in [7, 11) is 0. The summed E-state index contributed by atoms with van der Waals surface area (Å²) in [5, 5.41) is 17.2. The standard InChI is InChI=1S/C11H10N4O4/c1-5-4-6(2-3-7(5)10(17)18)12-8-9(16)13-11(19)15-14-8/h2-4H,1H3,(H,12,14)(H,17,18)(H2,13,15,16,19). The van der Waals surface area contributed by atoms with E-state index in [1.807, 2.05) is 4.98 Å². The summed E-state index contributed by atoms with van der Waals surface area (Å²) in [5.74, 6) is -1.11. The molecule has 0 radical (unpaired) electrons. The maximum Gasteiger partial charge on any atom is 0.342 e. The molecule has 0 aliphatic rings. The quantitative estimate of drug-likeness (QED) is 0.626. The van der Waals surface area contributed by atoms with Gasteiger partial charge in [0.05, 0.1) is 5.56 Å². The SMILES string of the molecule is Cc1cc(Nc2n[nH]c(=O)[nH]c2=O)ccc1C(=O)O. The van der Waals surface area contributed by atoms with Crippen molar-refractivity contribution in [2.45, 2.75) is 6.92 Å². The van der Waals surface area contributed by atoms with Crippen LogP contribution in [0.4, 0.5) is 11.5 Å². The molecule has 0 bridgehead atoms. The van der Waals surface area contributed by atoms with Gasteiger partial charge in [0, 0.05) is 5.69 Å². The molecule has 8 heteroatoms. The Morgan fingerprint density at radius 3 is 2.68 bits per heavy atom. The van der Waals surface area contributed by atoms with Crippen LogP contribution in [0, 0.1) is 6.92 Å². The highest BCUT2D eigenvalue weighted by molar-refractivity contribution is 5.90. The van der Waals surface area contributed by atoms with Gasteiger partial charge in [0.1, 0.15) is 0 Å². The first-order chi connectivity index (χ1) is 8.97. The predicted octanol–water partition coefficient (Wildman–Crippen LogP) is 0.208. The van der Waals surface area contributed by atoms with Crippen molar-refractivity contribution in [2.75, 3.05) is 5.32 Å². The molecule has 0 fully saturated rings. The van der Waals surface area contributed by atoms with Crippen LogP contribution in [0.1, 0.15) is 15.9 Å². The number of anilines is 2. The fraction of sp³-hybridized carbons (Fsp3) is 0.0909. The molecule has 0 aliphatic carbocycles. The van der Waals surface area contributed by atoms with Gasteiger partial charge in [-0.1, -0.05) is 0 Å². The number of aromatic carboxylic acids is 1. The number of aryl methyl sites for hydroxylation is 1. The number of carboxylic acids is 1. The summed E-state index contributed by atoms with van der Waals surface area (Å²) in [6.07, 6.45) is 0. The maximum absolute atomic E-state index is 11.4. The molecule has 2 aromatic rings. The van der Waals surface area contributed by atoms with E-state index in [4.69, 9.17) is 5.11 Å². The van der Waals surface area contributed by atoms with Gasteiger partial charge in [-0.05, 0) is 30.7 Å². The van der Waals surface area contributed by atoms with Crippen LogP contribution in [0.15, 0.2) is 27.8 Å². The Balaban J connectivity index is 2.34. The lowest BCUT2D eigenvalue weighted by molar-refractivity contribution is 0.0696. The van der Waals surface area contributed by atoms with Gasteiger partial charge in [-0.2, -0.15) is 0 Å². The number of H-pyrrole nitrogens is 2. The third-order valence-corrected chi connectivity index (χ3v) is 2.43. The molecule has 19 heavy (non-hydrogen) atoms. The van der Waals surface area contributed by atoms with Crippen LogP contribution in [0.2, 0.25) is 0 Å². The molecule has 8 nitrogen and oxygen atoms in total. The van der Waals surface area contributed by atoms with E-state index in [-0.39, 0.29) is 11.4 Å². The normalized spacial score (nSPS) is 10.2. The topological polar surface area (TPSA) is 128 Å². The number of benzene rings is 1. The summed E-state index contributed by atoms with van der Waals surface area (Å²) >= 11 is 0. The second kappa shape index (κ2) is 4.77. The summed E-state index contributed by atoms with van der Waals surface area (Å²) in [4.78, 5) is 35.1. The fourth-order valence-corrected chi connectivity index (χ4v) is 1.55. The summed E-state index contributed by atoms with van der Waals surface area (Å²) in [5.41, 5.74) is -0.156. The van der Waals surface area contributed by atoms with E-state index in [1.165, 1.54) is 12.1 Å². The van der Waals surface area contributed by atoms with Gasteiger partial charge < -0.3 is 10.4 Å². The second-order valence-electron chi connectivity index (χ2n) is 3.82. The average Bonchev–Trinajstić information content (AvgIpc) is 2.32. The third kappa shape index (κ3) is 2.68. The molecule has 0 spiro atoms. The Morgan fingerprint density at radius 1 is 1.37 bits per heavy atom. The smallest absolute Gasteiger partial charge is 0.342 e. The Labute approximate surface area is 106 Å². The molecule has 0 amide bonds. The Bertz CT molecular complexity index is 747. The van der Waals surface area contributed by atoms with E-state index in [9.17, 15) is 14.4 Å². The first-order valence-electron chi connectivity index (χ1n) is 5.27. The molecular formula is C11H10N4O4. The van der Waals surface area contributed by atoms with Crippen molar-refractivity contribution in [1.29, 1.82) is 0 Å². The number of nitrogens with one attached hydrogen (secondary N) is 3. The van der Waals surface area contributed by atoms with Crippen molar-refractivity contribution < 1.29 is 9.90 Å². The molecular weight excluding hydrogens is 252 g/mol. The Morgan fingerprint density at radius 2 is 2.11 bits per heavy atom. The highest BCUT2D eigenvalue weighted by atomic mass is 16.4. The van der Waals surface area contributed by atoms with Gasteiger partial charge in [0.25, 0.3) is 5.56 Å². The lowest BCUT2D eigenvalue weighted by atomic mass is 10.1. The zero-order chi connectivity index (χ0) is 14.0. The molecule has 1 aromatic heterocycles. The van der Waals surface area contributed by atoms with Crippen molar-refractivity contribution in [3.63, 3.8) is 0 Å². The van der Waals surface area contributed by atoms with Crippen LogP contribution in [0.3, 0.4) is 0 Å². The lowest BCUT2D eigenvalue weighted by Crippen LogP contribution is -2.25. The van der Waals surface area contributed by atoms with E-state index < -0.39 is 17.2 Å². The monoisotopic (exact) mass is 262 g/mol. The van der Waals surface area contributed by atoms with E-state index in [0.717, 1.165) is 0 Å². The number of rotatable bonds is 3. The van der Waals surface area contributed by atoms with Gasteiger partial charge in [-0.3, -0.25) is 9.78 Å². The lowest BCUT2D eigenvalue weighted by Gasteiger charge is -2.06.